The first-order valence-corrected chi connectivity index (χ1v) is 9.72. The average molecular weight is 396 g/mol. The summed E-state index contributed by atoms with van der Waals surface area (Å²) in [6.07, 6.45) is 2.75. The minimum absolute atomic E-state index is 0.124. The minimum atomic E-state index is -0.876. The van der Waals surface area contributed by atoms with E-state index in [2.05, 4.69) is 30.8 Å². The molecule has 1 aliphatic heterocycles. The van der Waals surface area contributed by atoms with E-state index < -0.39 is 6.09 Å². The van der Waals surface area contributed by atoms with Crippen LogP contribution in [0.1, 0.15) is 20.8 Å². The fourth-order valence-corrected chi connectivity index (χ4v) is 4.04. The van der Waals surface area contributed by atoms with Crippen LogP contribution in [-0.2, 0) is 0 Å². The Bertz CT molecular complexity index is 1060. The Labute approximate surface area is 169 Å². The van der Waals surface area contributed by atoms with Gasteiger partial charge in [-0.3, -0.25) is 0 Å². The Kier molecular flexibility index (Phi) is 4.68. The monoisotopic (exact) mass is 396 g/mol. The molecule has 1 amide bonds. The number of anilines is 1. The number of piperazine rings is 1. The number of carboxylic acid groups (broad SMARTS) is 1. The van der Waals surface area contributed by atoms with Gasteiger partial charge in [0.15, 0.2) is 0 Å². The molecule has 0 bridgehead atoms. The maximum atomic E-state index is 14.1. The Morgan fingerprint density at radius 2 is 1.93 bits per heavy atom. The first-order chi connectivity index (χ1) is 13.8. The molecule has 29 heavy (non-hydrogen) atoms. The zero-order valence-electron chi connectivity index (χ0n) is 16.8. The van der Waals surface area contributed by atoms with Gasteiger partial charge >= 0.3 is 6.09 Å². The molecule has 3 heterocycles. The predicted octanol–water partition coefficient (Wildman–Crippen LogP) is 4.36. The zero-order chi connectivity index (χ0) is 20.8. The van der Waals surface area contributed by atoms with Gasteiger partial charge in [-0.1, -0.05) is 45.0 Å². The van der Waals surface area contributed by atoms with Crippen molar-refractivity contribution in [3.8, 4) is 11.1 Å². The van der Waals surface area contributed by atoms with E-state index in [0.29, 0.717) is 25.2 Å². The molecular formula is C22H25FN4O2. The fourth-order valence-electron chi connectivity index (χ4n) is 4.04. The van der Waals surface area contributed by atoms with E-state index in [9.17, 15) is 14.3 Å². The molecule has 2 aromatic heterocycles. The molecule has 0 spiro atoms. The molecule has 1 aromatic carbocycles. The molecule has 1 aliphatic rings. The summed E-state index contributed by atoms with van der Waals surface area (Å²) in [6, 6.07) is 10.4. The van der Waals surface area contributed by atoms with Gasteiger partial charge in [0.05, 0.1) is 23.4 Å². The summed E-state index contributed by atoms with van der Waals surface area (Å²) >= 11 is 0. The van der Waals surface area contributed by atoms with Gasteiger partial charge < -0.3 is 14.9 Å². The van der Waals surface area contributed by atoms with Crippen LogP contribution < -0.4 is 4.90 Å². The molecule has 6 nitrogen and oxygen atoms in total. The molecule has 4 rings (SSSR count). The Morgan fingerprint density at radius 1 is 1.17 bits per heavy atom. The lowest BCUT2D eigenvalue weighted by Gasteiger charge is -2.46. The molecule has 1 unspecified atom stereocenters. The third-order valence-electron chi connectivity index (χ3n) is 5.65. The highest BCUT2D eigenvalue weighted by molar-refractivity contribution is 5.76. The van der Waals surface area contributed by atoms with Crippen molar-refractivity contribution in [2.24, 2.45) is 5.41 Å². The third kappa shape index (κ3) is 3.52. The molecule has 0 saturated carbocycles. The number of rotatable bonds is 2. The van der Waals surface area contributed by atoms with Crippen LogP contribution in [0.3, 0.4) is 0 Å². The van der Waals surface area contributed by atoms with E-state index in [1.54, 1.807) is 27.7 Å². The highest BCUT2D eigenvalue weighted by Gasteiger charge is 2.38. The fraction of sp³-hybridized carbons (Fsp3) is 0.364. The highest BCUT2D eigenvalue weighted by atomic mass is 19.1. The first-order valence-electron chi connectivity index (χ1n) is 9.72. The number of hydrogen-bond donors (Lipinski definition) is 1. The van der Waals surface area contributed by atoms with Gasteiger partial charge in [0.1, 0.15) is 5.82 Å². The van der Waals surface area contributed by atoms with Gasteiger partial charge in [-0.25, -0.2) is 13.7 Å². The van der Waals surface area contributed by atoms with Gasteiger partial charge in [0.25, 0.3) is 0 Å². The van der Waals surface area contributed by atoms with Gasteiger partial charge in [-0.05, 0) is 17.5 Å². The normalized spacial score (nSPS) is 17.7. The second-order valence-electron chi connectivity index (χ2n) is 8.56. The predicted molar refractivity (Wildman–Crippen MR) is 111 cm³/mol. The molecule has 0 radical (unpaired) electrons. The summed E-state index contributed by atoms with van der Waals surface area (Å²) in [4.78, 5) is 15.4. The molecule has 3 aromatic rings. The summed E-state index contributed by atoms with van der Waals surface area (Å²) < 4.78 is 15.9. The summed E-state index contributed by atoms with van der Waals surface area (Å²) in [5.41, 5.74) is 2.99. The maximum Gasteiger partial charge on any atom is 0.407 e. The summed E-state index contributed by atoms with van der Waals surface area (Å²) in [5.74, 6) is -0.267. The summed E-state index contributed by atoms with van der Waals surface area (Å²) in [6.45, 7) is 7.85. The Balaban J connectivity index is 1.67. The first kappa shape index (κ1) is 19.2. The summed E-state index contributed by atoms with van der Waals surface area (Å²) in [5, 5.41) is 14.1. The molecule has 0 aliphatic carbocycles. The zero-order valence-corrected chi connectivity index (χ0v) is 16.8. The second kappa shape index (κ2) is 7.06. The lowest BCUT2D eigenvalue weighted by Crippen LogP contribution is -2.59. The standard InChI is InChI=1S/C22H25FN4O2/c1-22(2,3)20-14-25(10-11-26(20)21(28)29)19-12-24-27-13-15(8-9-18(19)27)16-6-4-5-7-17(16)23/h4-9,12-13,20H,10-11,14H2,1-3H3,(H,28,29). The van der Waals surface area contributed by atoms with E-state index in [1.165, 1.54) is 6.07 Å². The number of pyridine rings is 1. The Morgan fingerprint density at radius 3 is 2.62 bits per heavy atom. The molecule has 1 fully saturated rings. The maximum absolute atomic E-state index is 14.1. The molecule has 152 valence electrons. The second-order valence-corrected chi connectivity index (χ2v) is 8.56. The Hall–Kier alpha value is -3.09. The van der Waals surface area contributed by atoms with Crippen LogP contribution in [0, 0.1) is 11.2 Å². The number of carbonyl (C=O) groups is 1. The number of fused-ring (bicyclic) bond motifs is 1. The topological polar surface area (TPSA) is 61.1 Å². The van der Waals surface area contributed by atoms with Crippen LogP contribution in [0.25, 0.3) is 16.6 Å². The smallest absolute Gasteiger partial charge is 0.407 e. The highest BCUT2D eigenvalue weighted by Crippen LogP contribution is 2.32. The van der Waals surface area contributed by atoms with E-state index in [-0.39, 0.29) is 17.3 Å². The van der Waals surface area contributed by atoms with Crippen molar-refractivity contribution in [2.75, 3.05) is 24.5 Å². The minimum Gasteiger partial charge on any atom is -0.465 e. The number of hydrogen-bond acceptors (Lipinski definition) is 3. The van der Waals surface area contributed by atoms with E-state index in [1.807, 2.05) is 24.4 Å². The van der Waals surface area contributed by atoms with Crippen molar-refractivity contribution in [1.82, 2.24) is 14.5 Å². The number of nitrogens with zero attached hydrogens (tertiary/aromatic N) is 4. The van der Waals surface area contributed by atoms with E-state index in [0.717, 1.165) is 16.8 Å². The lowest BCUT2D eigenvalue weighted by molar-refractivity contribution is 0.0749. The third-order valence-corrected chi connectivity index (χ3v) is 5.65. The molecular weight excluding hydrogens is 371 g/mol. The van der Waals surface area contributed by atoms with Crippen LogP contribution in [0.5, 0.6) is 0 Å². The van der Waals surface area contributed by atoms with E-state index in [4.69, 9.17) is 0 Å². The number of amides is 1. The molecule has 1 saturated heterocycles. The van der Waals surface area contributed by atoms with Crippen LogP contribution in [0.2, 0.25) is 0 Å². The van der Waals surface area contributed by atoms with Gasteiger partial charge in [0, 0.05) is 37.0 Å². The number of halogens is 1. The largest absolute Gasteiger partial charge is 0.465 e. The molecule has 7 heteroatoms. The van der Waals surface area contributed by atoms with Crippen LogP contribution in [0.15, 0.2) is 48.8 Å². The quantitative estimate of drug-likeness (QED) is 0.699. The van der Waals surface area contributed by atoms with Crippen molar-refractivity contribution in [2.45, 2.75) is 26.8 Å². The van der Waals surface area contributed by atoms with Crippen LogP contribution >= 0.6 is 0 Å². The molecule has 1 atom stereocenters. The average Bonchev–Trinajstić information content (AvgIpc) is 3.10. The van der Waals surface area contributed by atoms with E-state index >= 15 is 0 Å². The van der Waals surface area contributed by atoms with Crippen molar-refractivity contribution in [3.63, 3.8) is 0 Å². The van der Waals surface area contributed by atoms with Gasteiger partial charge in [-0.15, -0.1) is 0 Å². The van der Waals surface area contributed by atoms with Crippen molar-refractivity contribution >= 4 is 17.3 Å². The van der Waals surface area contributed by atoms with Crippen molar-refractivity contribution in [3.05, 3.63) is 54.6 Å². The lowest BCUT2D eigenvalue weighted by atomic mass is 9.84. The van der Waals surface area contributed by atoms with Gasteiger partial charge in [-0.2, -0.15) is 5.10 Å². The summed E-state index contributed by atoms with van der Waals surface area (Å²) in [7, 11) is 0. The van der Waals surface area contributed by atoms with Crippen molar-refractivity contribution in [1.29, 1.82) is 0 Å². The number of benzene rings is 1. The van der Waals surface area contributed by atoms with Crippen LogP contribution in [-0.4, -0.2) is 51.4 Å². The van der Waals surface area contributed by atoms with Gasteiger partial charge in [0.2, 0.25) is 0 Å². The molecule has 1 N–H and O–H groups in total. The SMILES string of the molecule is CC(C)(C)C1CN(c2cnn3cc(-c4ccccc4F)ccc23)CCN1C(=O)O. The van der Waals surface area contributed by atoms with Crippen LogP contribution in [0.4, 0.5) is 14.9 Å². The van der Waals surface area contributed by atoms with Crippen molar-refractivity contribution < 1.29 is 14.3 Å². The number of aromatic nitrogens is 2.